The van der Waals surface area contributed by atoms with Gasteiger partial charge in [0, 0.05) is 6.21 Å². The highest BCUT2D eigenvalue weighted by Gasteiger charge is 2.03. The van der Waals surface area contributed by atoms with E-state index in [1.165, 1.54) is 18.7 Å². The number of carbonyl (C=O) groups excluding carboxylic acids is 1. The smallest absolute Gasteiger partial charge is 0.274 e. The van der Waals surface area contributed by atoms with Gasteiger partial charge < -0.3 is 8.83 Å². The van der Waals surface area contributed by atoms with Crippen LogP contribution in [0.2, 0.25) is 0 Å². The molecule has 0 unspecified atom stereocenters. The van der Waals surface area contributed by atoms with E-state index in [4.69, 9.17) is 8.83 Å². The summed E-state index contributed by atoms with van der Waals surface area (Å²) in [6, 6.07) is 5.16. The summed E-state index contributed by atoms with van der Waals surface area (Å²) < 4.78 is 9.84. The minimum Gasteiger partial charge on any atom is -0.472 e. The van der Waals surface area contributed by atoms with Gasteiger partial charge in [-0.1, -0.05) is 0 Å². The van der Waals surface area contributed by atoms with Crippen molar-refractivity contribution in [1.29, 1.82) is 0 Å². The molecule has 0 aliphatic rings. The van der Waals surface area contributed by atoms with Crippen LogP contribution in [0.1, 0.15) is 16.1 Å². The fraction of sp³-hybridized carbons (Fsp3) is 0. The molecule has 2 rings (SSSR count). The lowest BCUT2D eigenvalue weighted by Crippen LogP contribution is -2.16. The first-order valence-electron chi connectivity index (χ1n) is 4.92. The molecule has 0 aliphatic heterocycles. The standard InChI is InChI=1S/C12H10N2O3/c15-12(10-5-8-16-9-10)14-13-6-1-3-11-4-2-7-17-11/h1-9H,(H,14,15)/b3-1-,13-6+. The third-order valence-corrected chi connectivity index (χ3v) is 1.91. The molecule has 0 spiro atoms. The molecule has 0 atom stereocenters. The first kappa shape index (κ1) is 10.9. The summed E-state index contributed by atoms with van der Waals surface area (Å²) in [7, 11) is 0. The summed E-state index contributed by atoms with van der Waals surface area (Å²) in [5.41, 5.74) is 2.78. The van der Waals surface area contributed by atoms with Crippen LogP contribution in [0.15, 0.2) is 57.0 Å². The minimum atomic E-state index is -0.318. The fourth-order valence-electron chi connectivity index (χ4n) is 1.12. The van der Waals surface area contributed by atoms with Crippen molar-refractivity contribution in [3.8, 4) is 0 Å². The maximum Gasteiger partial charge on any atom is 0.274 e. The van der Waals surface area contributed by atoms with Gasteiger partial charge in [-0.05, 0) is 30.4 Å². The van der Waals surface area contributed by atoms with Crippen molar-refractivity contribution in [2.24, 2.45) is 5.10 Å². The zero-order chi connectivity index (χ0) is 11.9. The van der Waals surface area contributed by atoms with Gasteiger partial charge in [-0.25, -0.2) is 5.43 Å². The molecular weight excluding hydrogens is 220 g/mol. The fourth-order valence-corrected chi connectivity index (χ4v) is 1.12. The van der Waals surface area contributed by atoms with Crippen LogP contribution in [0.25, 0.3) is 6.08 Å². The summed E-state index contributed by atoms with van der Waals surface area (Å²) in [6.07, 6.45) is 9.21. The highest BCUT2D eigenvalue weighted by atomic mass is 16.3. The molecule has 0 aliphatic carbocycles. The van der Waals surface area contributed by atoms with Crippen LogP contribution in [-0.4, -0.2) is 12.1 Å². The lowest BCUT2D eigenvalue weighted by atomic mass is 10.3. The second kappa shape index (κ2) is 5.50. The van der Waals surface area contributed by atoms with Crippen molar-refractivity contribution in [1.82, 2.24) is 5.43 Å². The van der Waals surface area contributed by atoms with Crippen LogP contribution in [0, 0.1) is 0 Å². The van der Waals surface area contributed by atoms with Crippen molar-refractivity contribution >= 4 is 18.2 Å². The maximum atomic E-state index is 11.4. The molecule has 86 valence electrons. The Morgan fingerprint density at radius 2 is 2.29 bits per heavy atom. The van der Waals surface area contributed by atoms with Gasteiger partial charge in [-0.2, -0.15) is 5.10 Å². The van der Waals surface area contributed by atoms with E-state index in [-0.39, 0.29) is 5.91 Å². The van der Waals surface area contributed by atoms with Gasteiger partial charge in [-0.3, -0.25) is 4.79 Å². The Bertz CT molecular complexity index is 510. The Kier molecular flexibility index (Phi) is 3.54. The lowest BCUT2D eigenvalue weighted by Gasteiger charge is -1.92. The predicted molar refractivity (Wildman–Crippen MR) is 62.4 cm³/mol. The van der Waals surface area contributed by atoms with E-state index in [0.29, 0.717) is 5.56 Å². The number of allylic oxidation sites excluding steroid dienone is 1. The molecule has 2 aromatic rings. The first-order chi connectivity index (χ1) is 8.36. The Morgan fingerprint density at radius 3 is 3.00 bits per heavy atom. The minimum absolute atomic E-state index is 0.318. The Hall–Kier alpha value is -2.56. The Morgan fingerprint density at radius 1 is 1.35 bits per heavy atom. The molecule has 0 fully saturated rings. The van der Waals surface area contributed by atoms with E-state index in [9.17, 15) is 4.79 Å². The molecule has 5 heteroatoms. The number of hydrogen-bond donors (Lipinski definition) is 1. The molecule has 0 radical (unpaired) electrons. The third-order valence-electron chi connectivity index (χ3n) is 1.91. The van der Waals surface area contributed by atoms with Crippen molar-refractivity contribution in [2.75, 3.05) is 0 Å². The highest BCUT2D eigenvalue weighted by molar-refractivity contribution is 5.94. The number of amides is 1. The molecule has 1 N–H and O–H groups in total. The molecular formula is C12H10N2O3. The van der Waals surface area contributed by atoms with Crippen molar-refractivity contribution in [2.45, 2.75) is 0 Å². The van der Waals surface area contributed by atoms with E-state index < -0.39 is 0 Å². The second-order valence-electron chi connectivity index (χ2n) is 3.11. The van der Waals surface area contributed by atoms with Crippen molar-refractivity contribution < 1.29 is 13.6 Å². The second-order valence-corrected chi connectivity index (χ2v) is 3.11. The van der Waals surface area contributed by atoms with Gasteiger partial charge in [0.05, 0.1) is 18.1 Å². The lowest BCUT2D eigenvalue weighted by molar-refractivity contribution is 0.0954. The molecule has 1 amide bonds. The van der Waals surface area contributed by atoms with E-state index in [1.54, 1.807) is 30.5 Å². The predicted octanol–water partition coefficient (Wildman–Crippen LogP) is 2.30. The molecule has 0 bridgehead atoms. The average molecular weight is 230 g/mol. The van der Waals surface area contributed by atoms with Crippen LogP contribution in [0.4, 0.5) is 0 Å². The average Bonchev–Trinajstić information content (AvgIpc) is 3.01. The van der Waals surface area contributed by atoms with Gasteiger partial charge in [0.25, 0.3) is 5.91 Å². The number of nitrogens with one attached hydrogen (secondary N) is 1. The molecule has 2 aromatic heterocycles. The molecule has 2 heterocycles. The van der Waals surface area contributed by atoms with Gasteiger partial charge >= 0.3 is 0 Å². The highest BCUT2D eigenvalue weighted by Crippen LogP contribution is 2.01. The molecule has 17 heavy (non-hydrogen) atoms. The van der Waals surface area contributed by atoms with Crippen LogP contribution in [0.5, 0.6) is 0 Å². The van der Waals surface area contributed by atoms with E-state index in [2.05, 4.69) is 10.5 Å². The quantitative estimate of drug-likeness (QED) is 0.647. The van der Waals surface area contributed by atoms with Crippen LogP contribution in [-0.2, 0) is 0 Å². The molecule has 0 saturated carbocycles. The number of furan rings is 2. The monoisotopic (exact) mass is 230 g/mol. The van der Waals surface area contributed by atoms with Crippen LogP contribution in [0.3, 0.4) is 0 Å². The maximum absolute atomic E-state index is 11.4. The number of carbonyl (C=O) groups is 1. The number of nitrogens with zero attached hydrogens (tertiary/aromatic N) is 1. The number of rotatable bonds is 4. The third kappa shape index (κ3) is 3.20. The molecule has 0 aromatic carbocycles. The summed E-state index contributed by atoms with van der Waals surface area (Å²) >= 11 is 0. The molecule has 0 saturated heterocycles. The van der Waals surface area contributed by atoms with E-state index in [1.807, 2.05) is 6.07 Å². The Labute approximate surface area is 97.4 Å². The van der Waals surface area contributed by atoms with Crippen LogP contribution < -0.4 is 5.43 Å². The van der Waals surface area contributed by atoms with Gasteiger partial charge in [0.2, 0.25) is 0 Å². The summed E-state index contributed by atoms with van der Waals surface area (Å²) in [5.74, 6) is 0.402. The van der Waals surface area contributed by atoms with Crippen molar-refractivity contribution in [3.05, 3.63) is 54.4 Å². The zero-order valence-electron chi connectivity index (χ0n) is 8.87. The number of hydrazone groups is 1. The zero-order valence-corrected chi connectivity index (χ0v) is 8.87. The summed E-state index contributed by atoms with van der Waals surface area (Å²) in [5, 5.41) is 3.73. The van der Waals surface area contributed by atoms with E-state index in [0.717, 1.165) is 5.76 Å². The summed E-state index contributed by atoms with van der Waals surface area (Å²) in [4.78, 5) is 11.4. The normalized spacial score (nSPS) is 11.3. The van der Waals surface area contributed by atoms with Gasteiger partial charge in [0.15, 0.2) is 0 Å². The Balaban J connectivity index is 1.80. The van der Waals surface area contributed by atoms with Crippen LogP contribution >= 0.6 is 0 Å². The van der Waals surface area contributed by atoms with Gasteiger partial charge in [0.1, 0.15) is 12.0 Å². The van der Waals surface area contributed by atoms with E-state index >= 15 is 0 Å². The largest absolute Gasteiger partial charge is 0.472 e. The topological polar surface area (TPSA) is 67.7 Å². The molecule has 5 nitrogen and oxygen atoms in total. The summed E-state index contributed by atoms with van der Waals surface area (Å²) in [6.45, 7) is 0. The van der Waals surface area contributed by atoms with Crippen molar-refractivity contribution in [3.63, 3.8) is 0 Å². The van der Waals surface area contributed by atoms with Gasteiger partial charge in [-0.15, -0.1) is 0 Å². The first-order valence-corrected chi connectivity index (χ1v) is 4.92. The number of hydrogen-bond acceptors (Lipinski definition) is 4. The SMILES string of the molecule is O=C(N/N=C/C=C\c1ccco1)c1ccoc1.